The topological polar surface area (TPSA) is 62.9 Å². The molecule has 0 aliphatic carbocycles. The van der Waals surface area contributed by atoms with Crippen LogP contribution in [0.15, 0.2) is 118 Å². The maximum atomic E-state index is 13.8. The molecule has 0 radical (unpaired) electrons. The van der Waals surface area contributed by atoms with Crippen LogP contribution in [0.5, 0.6) is 0 Å². The minimum Gasteiger partial charge on any atom is -0.461 e. The molecule has 3 aromatic carbocycles. The third-order valence-corrected chi connectivity index (χ3v) is 16.0. The summed E-state index contributed by atoms with van der Waals surface area (Å²) in [4.78, 5) is 5.43. The maximum Gasteiger partial charge on any atom is 0.265 e. The average molecular weight is 557 g/mol. The Labute approximate surface area is 233 Å². The van der Waals surface area contributed by atoms with Crippen LogP contribution in [0.2, 0.25) is 11.1 Å². The van der Waals surface area contributed by atoms with Crippen molar-refractivity contribution in [2.45, 2.75) is 56.1 Å². The first-order valence-corrected chi connectivity index (χ1v) is 17.1. The molecule has 0 N–H and O–H groups in total. The van der Waals surface area contributed by atoms with Gasteiger partial charge in [0.15, 0.2) is 11.6 Å². The van der Waals surface area contributed by atoms with Crippen LogP contribution in [0, 0.1) is 6.92 Å². The van der Waals surface area contributed by atoms with Crippen LogP contribution in [0.25, 0.3) is 0 Å². The van der Waals surface area contributed by atoms with E-state index >= 15 is 0 Å². The molecule has 5 nitrogen and oxygen atoms in total. The highest BCUT2D eigenvalue weighted by Crippen LogP contribution is 2.41. The molecule has 2 heterocycles. The third kappa shape index (κ3) is 5.13. The molecule has 202 valence electrons. The van der Waals surface area contributed by atoms with Crippen molar-refractivity contribution in [1.29, 1.82) is 0 Å². The number of aryl methyl sites for hydroxylation is 1. The van der Waals surface area contributed by atoms with E-state index in [0.29, 0.717) is 24.6 Å². The second kappa shape index (κ2) is 10.6. The van der Waals surface area contributed by atoms with Gasteiger partial charge < -0.3 is 4.42 Å². The van der Waals surface area contributed by atoms with Crippen LogP contribution < -0.4 is 10.4 Å². The van der Waals surface area contributed by atoms with Gasteiger partial charge in [-0.25, -0.2) is 12.7 Å². The van der Waals surface area contributed by atoms with E-state index in [2.05, 4.69) is 81.4 Å². The molecule has 39 heavy (non-hydrogen) atoms. The molecule has 0 amide bonds. The van der Waals surface area contributed by atoms with Gasteiger partial charge in [-0.3, -0.25) is 4.99 Å². The molecule has 1 unspecified atom stereocenters. The molecule has 0 bridgehead atoms. The number of amidine groups is 1. The van der Waals surface area contributed by atoms with Gasteiger partial charge in [-0.15, -0.1) is 0 Å². The van der Waals surface area contributed by atoms with Crippen LogP contribution in [0.3, 0.4) is 0 Å². The molecule has 7 heteroatoms. The molecule has 0 saturated carbocycles. The third-order valence-electron chi connectivity index (χ3n) is 7.91. The molecule has 5 rings (SSSR count). The molecule has 1 aliphatic rings. The first-order valence-electron chi connectivity index (χ1n) is 13.4. The average Bonchev–Trinajstić information content (AvgIpc) is 3.47. The van der Waals surface area contributed by atoms with Crippen molar-refractivity contribution < 1.29 is 12.8 Å². The van der Waals surface area contributed by atoms with Crippen molar-refractivity contribution in [3.63, 3.8) is 0 Å². The number of hydrogen-bond acceptors (Lipinski definition) is 4. The quantitative estimate of drug-likeness (QED) is 0.268. The highest BCUT2D eigenvalue weighted by atomic mass is 32.2. The normalized spacial score (nSPS) is 16.7. The molecule has 0 saturated heterocycles. The van der Waals surface area contributed by atoms with E-state index in [1.807, 2.05) is 19.1 Å². The number of nitrogens with zero attached hydrogens (tertiary/aromatic N) is 2. The van der Waals surface area contributed by atoms with Crippen molar-refractivity contribution in [3.05, 3.63) is 115 Å². The summed E-state index contributed by atoms with van der Waals surface area (Å²) in [5, 5.41) is 2.72. The zero-order valence-corrected chi connectivity index (χ0v) is 24.9. The minimum absolute atomic E-state index is 0.0127. The fourth-order valence-corrected chi connectivity index (χ4v) is 13.0. The van der Waals surface area contributed by atoms with Gasteiger partial charge in [-0.05, 0) is 48.7 Å². The van der Waals surface area contributed by atoms with Crippen molar-refractivity contribution in [1.82, 2.24) is 4.31 Å². The van der Waals surface area contributed by atoms with Crippen LogP contribution in [0.4, 0.5) is 0 Å². The Bertz CT molecular complexity index is 1490. The highest BCUT2D eigenvalue weighted by Gasteiger charge is 2.49. The Morgan fingerprint density at radius 3 is 1.97 bits per heavy atom. The largest absolute Gasteiger partial charge is 0.461 e. The summed E-state index contributed by atoms with van der Waals surface area (Å²) in [6, 6.07) is 33.1. The number of hydrogen-bond donors (Lipinski definition) is 0. The van der Waals surface area contributed by atoms with E-state index in [1.165, 1.54) is 14.7 Å². The van der Waals surface area contributed by atoms with Crippen molar-refractivity contribution >= 4 is 34.3 Å². The number of rotatable bonds is 7. The Balaban J connectivity index is 1.62. The van der Waals surface area contributed by atoms with Gasteiger partial charge in [-0.1, -0.05) is 110 Å². The smallest absolute Gasteiger partial charge is 0.265 e. The van der Waals surface area contributed by atoms with Gasteiger partial charge in [0, 0.05) is 6.54 Å². The second-order valence-corrected chi connectivity index (χ2v) is 18.1. The fraction of sp³-hybridized carbons (Fsp3) is 0.281. The summed E-state index contributed by atoms with van der Waals surface area (Å²) < 4.78 is 34.8. The van der Waals surface area contributed by atoms with E-state index in [1.54, 1.807) is 30.5 Å². The second-order valence-electron chi connectivity index (χ2n) is 11.4. The van der Waals surface area contributed by atoms with Crippen molar-refractivity contribution in [2.24, 2.45) is 4.99 Å². The molecular formula is C32H36N2O3SSi. The SMILES string of the molecule is Cc1ccc(S(=O)(=O)N2CCC(C[Si](c3ccccc3)(c3ccccc3)C(C)(C)C)N=C2c2ccco2)cc1. The lowest BCUT2D eigenvalue weighted by Crippen LogP contribution is -2.65. The van der Waals surface area contributed by atoms with Crippen molar-refractivity contribution in [2.75, 3.05) is 6.54 Å². The van der Waals surface area contributed by atoms with Gasteiger partial charge in [-0.2, -0.15) is 0 Å². The maximum absolute atomic E-state index is 13.8. The van der Waals surface area contributed by atoms with E-state index in [-0.39, 0.29) is 16.0 Å². The minimum atomic E-state index is -3.80. The first-order chi connectivity index (χ1) is 18.6. The lowest BCUT2D eigenvalue weighted by atomic mass is 10.2. The summed E-state index contributed by atoms with van der Waals surface area (Å²) in [5.74, 6) is 0.854. The zero-order chi connectivity index (χ0) is 27.7. The first kappa shape index (κ1) is 27.2. The van der Waals surface area contributed by atoms with Gasteiger partial charge >= 0.3 is 0 Å². The Hall–Kier alpha value is -3.42. The summed E-state index contributed by atoms with van der Waals surface area (Å²) in [6.45, 7) is 9.31. The van der Waals surface area contributed by atoms with Crippen LogP contribution in [0.1, 0.15) is 38.5 Å². The van der Waals surface area contributed by atoms with E-state index in [9.17, 15) is 8.42 Å². The van der Waals surface area contributed by atoms with Gasteiger partial charge in [0.05, 0.1) is 17.2 Å². The summed E-state index contributed by atoms with van der Waals surface area (Å²) >= 11 is 0. The van der Waals surface area contributed by atoms with Crippen molar-refractivity contribution in [3.8, 4) is 0 Å². The van der Waals surface area contributed by atoms with Gasteiger partial charge in [0.1, 0.15) is 8.07 Å². The molecular weight excluding hydrogens is 521 g/mol. The van der Waals surface area contributed by atoms with E-state index in [0.717, 1.165) is 11.6 Å². The summed E-state index contributed by atoms with van der Waals surface area (Å²) in [5.41, 5.74) is 1.01. The summed E-state index contributed by atoms with van der Waals surface area (Å²) in [7, 11) is -6.19. The fourth-order valence-electron chi connectivity index (χ4n) is 5.86. The Morgan fingerprint density at radius 1 is 0.872 bits per heavy atom. The zero-order valence-electron chi connectivity index (χ0n) is 23.0. The van der Waals surface area contributed by atoms with E-state index < -0.39 is 18.1 Å². The van der Waals surface area contributed by atoms with Crippen LogP contribution in [-0.4, -0.2) is 39.2 Å². The van der Waals surface area contributed by atoms with Crippen LogP contribution >= 0.6 is 0 Å². The molecule has 1 aromatic heterocycles. The number of benzene rings is 3. The molecule has 0 fully saturated rings. The van der Waals surface area contributed by atoms with E-state index in [4.69, 9.17) is 9.41 Å². The van der Waals surface area contributed by atoms with Crippen LogP contribution in [-0.2, 0) is 10.0 Å². The lowest BCUT2D eigenvalue weighted by molar-refractivity contribution is 0.454. The highest BCUT2D eigenvalue weighted by molar-refractivity contribution is 7.89. The number of furan rings is 1. The molecule has 0 spiro atoms. The standard InChI is InChI=1S/C32H36N2O3SSi/c1-25-17-19-27(20-18-25)38(35,36)34-22-21-26(33-31(34)30-16-11-23-37-30)24-39(32(2,3)4,28-12-7-5-8-13-28)29-14-9-6-10-15-29/h5-20,23,26H,21-22,24H2,1-4H3. The molecule has 4 aromatic rings. The number of aliphatic imine (C=N–C) groups is 1. The molecule has 1 aliphatic heterocycles. The van der Waals surface area contributed by atoms with Gasteiger partial charge in [0.2, 0.25) is 0 Å². The number of sulfonamides is 1. The Morgan fingerprint density at radius 2 is 1.46 bits per heavy atom. The molecule has 1 atom stereocenters. The predicted octanol–water partition coefficient (Wildman–Crippen LogP) is 5.86. The lowest BCUT2D eigenvalue weighted by Gasteiger charge is -2.46. The van der Waals surface area contributed by atoms with Gasteiger partial charge in [0.25, 0.3) is 10.0 Å². The predicted molar refractivity (Wildman–Crippen MR) is 161 cm³/mol. The monoisotopic (exact) mass is 556 g/mol. The Kier molecular flexibility index (Phi) is 7.40. The summed E-state index contributed by atoms with van der Waals surface area (Å²) in [6.07, 6.45) is 2.21.